The van der Waals surface area contributed by atoms with Gasteiger partial charge in [0.1, 0.15) is 6.61 Å². The smallest absolute Gasteiger partial charge is 0.414 e. The minimum Gasteiger partial charge on any atom is -0.465 e. The largest absolute Gasteiger partial charge is 0.465 e. The number of ether oxygens (including phenoxy) is 1. The van der Waals surface area contributed by atoms with Crippen LogP contribution < -0.4 is 10.4 Å². The third-order valence-corrected chi connectivity index (χ3v) is 11.3. The van der Waals surface area contributed by atoms with Crippen molar-refractivity contribution in [3.8, 4) is 0 Å². The lowest BCUT2D eigenvalue weighted by Crippen LogP contribution is -2.69. The van der Waals surface area contributed by atoms with E-state index in [4.69, 9.17) is 9.16 Å². The summed E-state index contributed by atoms with van der Waals surface area (Å²) in [6.07, 6.45) is -1.75. The standard InChI is InChI=1S/C26H35NO5Si/c1-25(2,3)23-21(27(24(29)30)22(28)18-31-23)17-32-33(26(4,5)6,19-13-9-7-10-14-19)20-15-11-8-12-16-20/h7-16,21,23H,17-18H2,1-6H3,(H,29,30). The van der Waals surface area contributed by atoms with Crippen molar-refractivity contribution in [2.45, 2.75) is 58.7 Å². The van der Waals surface area contributed by atoms with Crippen molar-refractivity contribution in [2.24, 2.45) is 5.41 Å². The number of benzene rings is 2. The first-order valence-corrected chi connectivity index (χ1v) is 13.2. The van der Waals surface area contributed by atoms with Crippen LogP contribution in [0, 0.1) is 5.41 Å². The van der Waals surface area contributed by atoms with Gasteiger partial charge in [-0.2, -0.15) is 0 Å². The Balaban J connectivity index is 2.12. The van der Waals surface area contributed by atoms with Crippen LogP contribution in [-0.2, 0) is 14.0 Å². The molecule has 6 nitrogen and oxygen atoms in total. The molecule has 3 rings (SSSR count). The number of hydrogen-bond acceptors (Lipinski definition) is 4. The molecule has 1 saturated heterocycles. The van der Waals surface area contributed by atoms with Crippen LogP contribution in [-0.4, -0.2) is 55.7 Å². The van der Waals surface area contributed by atoms with Gasteiger partial charge < -0.3 is 14.3 Å². The summed E-state index contributed by atoms with van der Waals surface area (Å²) < 4.78 is 12.9. The molecule has 1 heterocycles. The van der Waals surface area contributed by atoms with E-state index in [-0.39, 0.29) is 23.7 Å². The van der Waals surface area contributed by atoms with Crippen LogP contribution in [0.25, 0.3) is 0 Å². The highest BCUT2D eigenvalue weighted by molar-refractivity contribution is 6.99. The SMILES string of the molecule is CC(C)(C)C1OCC(=O)N(C(=O)O)C1CO[Si](c1ccccc1)(c1ccccc1)C(C)(C)C. The molecule has 0 radical (unpaired) electrons. The lowest BCUT2D eigenvalue weighted by Gasteiger charge is -2.47. The molecule has 2 aromatic carbocycles. The topological polar surface area (TPSA) is 76.1 Å². The second kappa shape index (κ2) is 9.41. The van der Waals surface area contributed by atoms with Gasteiger partial charge in [0.15, 0.2) is 0 Å². The van der Waals surface area contributed by atoms with Crippen molar-refractivity contribution in [2.75, 3.05) is 13.2 Å². The highest BCUT2D eigenvalue weighted by atomic mass is 28.4. The van der Waals surface area contributed by atoms with Crippen molar-refractivity contribution >= 4 is 30.7 Å². The highest BCUT2D eigenvalue weighted by Gasteiger charge is 2.53. The first-order valence-electron chi connectivity index (χ1n) is 11.3. The fourth-order valence-corrected chi connectivity index (χ4v) is 9.45. The first-order chi connectivity index (χ1) is 15.4. The Morgan fingerprint density at radius 2 is 1.48 bits per heavy atom. The summed E-state index contributed by atoms with van der Waals surface area (Å²) in [5, 5.41) is 11.8. The molecule has 0 aromatic heterocycles. The molecular weight excluding hydrogens is 434 g/mol. The van der Waals surface area contributed by atoms with E-state index in [1.807, 2.05) is 57.2 Å². The molecule has 1 aliphatic heterocycles. The number of amides is 2. The first kappa shape index (κ1) is 25.1. The van der Waals surface area contributed by atoms with Gasteiger partial charge in [0.2, 0.25) is 0 Å². The fraction of sp³-hybridized carbons (Fsp3) is 0.462. The van der Waals surface area contributed by atoms with Gasteiger partial charge in [-0.3, -0.25) is 4.79 Å². The van der Waals surface area contributed by atoms with E-state index in [2.05, 4.69) is 45.0 Å². The Labute approximate surface area is 197 Å². The van der Waals surface area contributed by atoms with Crippen LogP contribution in [0.2, 0.25) is 5.04 Å². The Morgan fingerprint density at radius 1 is 1.00 bits per heavy atom. The number of carbonyl (C=O) groups is 2. The average molecular weight is 470 g/mol. The third-order valence-electron chi connectivity index (χ3n) is 6.28. The number of rotatable bonds is 5. The van der Waals surface area contributed by atoms with Crippen molar-refractivity contribution in [3.63, 3.8) is 0 Å². The lowest BCUT2D eigenvalue weighted by atomic mass is 9.83. The minimum absolute atomic E-state index is 0.0628. The summed E-state index contributed by atoms with van der Waals surface area (Å²) in [4.78, 5) is 25.6. The number of carbonyl (C=O) groups excluding carboxylic acids is 1. The van der Waals surface area contributed by atoms with E-state index in [1.54, 1.807) is 0 Å². The Kier molecular flexibility index (Phi) is 7.17. The average Bonchev–Trinajstić information content (AvgIpc) is 2.73. The molecule has 0 spiro atoms. The van der Waals surface area contributed by atoms with Gasteiger partial charge in [0.05, 0.1) is 18.8 Å². The zero-order valence-electron chi connectivity index (χ0n) is 20.4. The summed E-state index contributed by atoms with van der Waals surface area (Å²) in [5.41, 5.74) is -0.381. The molecular formula is C26H35NO5Si. The predicted molar refractivity (Wildman–Crippen MR) is 131 cm³/mol. The maximum Gasteiger partial charge on any atom is 0.414 e. The quantitative estimate of drug-likeness (QED) is 0.673. The van der Waals surface area contributed by atoms with E-state index >= 15 is 0 Å². The monoisotopic (exact) mass is 469 g/mol. The molecule has 2 atom stereocenters. The summed E-state index contributed by atoms with van der Waals surface area (Å²) in [6, 6.07) is 19.6. The molecule has 2 unspecified atom stereocenters. The van der Waals surface area contributed by atoms with Crippen molar-refractivity contribution < 1.29 is 23.9 Å². The van der Waals surface area contributed by atoms with Crippen LogP contribution in [0.4, 0.5) is 4.79 Å². The summed E-state index contributed by atoms with van der Waals surface area (Å²) >= 11 is 0. The molecule has 0 bridgehead atoms. The zero-order valence-corrected chi connectivity index (χ0v) is 21.4. The summed E-state index contributed by atoms with van der Waals surface area (Å²) in [7, 11) is -2.89. The second-order valence-electron chi connectivity index (χ2n) is 10.7. The van der Waals surface area contributed by atoms with Crippen LogP contribution >= 0.6 is 0 Å². The van der Waals surface area contributed by atoms with Gasteiger partial charge >= 0.3 is 6.09 Å². The van der Waals surface area contributed by atoms with E-state index in [0.29, 0.717) is 0 Å². The minimum atomic E-state index is -2.89. The number of hydrogen-bond donors (Lipinski definition) is 1. The van der Waals surface area contributed by atoms with Gasteiger partial charge in [0, 0.05) is 0 Å². The molecule has 1 N–H and O–H groups in total. The molecule has 178 valence electrons. The Morgan fingerprint density at radius 3 is 1.88 bits per heavy atom. The van der Waals surface area contributed by atoms with Gasteiger partial charge in [-0.1, -0.05) is 102 Å². The summed E-state index contributed by atoms with van der Waals surface area (Å²) in [5.74, 6) is -0.556. The molecule has 0 saturated carbocycles. The molecule has 2 amide bonds. The maximum absolute atomic E-state index is 12.6. The van der Waals surface area contributed by atoms with Crippen LogP contribution in [0.1, 0.15) is 41.5 Å². The normalized spacial score (nSPS) is 20.1. The molecule has 33 heavy (non-hydrogen) atoms. The van der Waals surface area contributed by atoms with E-state index in [0.717, 1.165) is 15.3 Å². The van der Waals surface area contributed by atoms with Crippen LogP contribution in [0.5, 0.6) is 0 Å². The van der Waals surface area contributed by atoms with Gasteiger partial charge in [0.25, 0.3) is 14.2 Å². The van der Waals surface area contributed by atoms with Crippen LogP contribution in [0.3, 0.4) is 0 Å². The number of carboxylic acid groups (broad SMARTS) is 1. The highest BCUT2D eigenvalue weighted by Crippen LogP contribution is 2.38. The maximum atomic E-state index is 12.6. The number of nitrogens with zero attached hydrogens (tertiary/aromatic N) is 1. The Bertz CT molecular complexity index is 926. The van der Waals surface area contributed by atoms with Crippen LogP contribution in [0.15, 0.2) is 60.7 Å². The van der Waals surface area contributed by atoms with E-state index in [1.165, 1.54) is 0 Å². The predicted octanol–water partition coefficient (Wildman–Crippen LogP) is 3.88. The molecule has 0 aliphatic carbocycles. The third kappa shape index (κ3) is 4.90. The molecule has 1 fully saturated rings. The van der Waals surface area contributed by atoms with Crippen molar-refractivity contribution in [3.05, 3.63) is 60.7 Å². The lowest BCUT2D eigenvalue weighted by molar-refractivity contribution is -0.164. The molecule has 1 aliphatic rings. The number of morpholine rings is 1. The molecule has 7 heteroatoms. The number of imide groups is 1. The second-order valence-corrected chi connectivity index (χ2v) is 15.0. The summed E-state index contributed by atoms with van der Waals surface area (Å²) in [6.45, 7) is 12.3. The van der Waals surface area contributed by atoms with Crippen molar-refractivity contribution in [1.29, 1.82) is 0 Å². The van der Waals surface area contributed by atoms with Gasteiger partial charge in [-0.15, -0.1) is 0 Å². The van der Waals surface area contributed by atoms with Crippen molar-refractivity contribution in [1.82, 2.24) is 4.90 Å². The molecule has 2 aromatic rings. The van der Waals surface area contributed by atoms with Gasteiger partial charge in [-0.25, -0.2) is 9.69 Å². The van der Waals surface area contributed by atoms with Gasteiger partial charge in [-0.05, 0) is 20.8 Å². The van der Waals surface area contributed by atoms with E-state index < -0.39 is 32.5 Å². The Hall–Kier alpha value is -2.48. The van der Waals surface area contributed by atoms with E-state index in [9.17, 15) is 14.7 Å². The fourth-order valence-electron chi connectivity index (χ4n) is 4.87. The zero-order chi connectivity index (χ0) is 24.4.